The lowest BCUT2D eigenvalue weighted by Crippen LogP contribution is -2.37. The summed E-state index contributed by atoms with van der Waals surface area (Å²) in [6.07, 6.45) is 5.67. The normalized spacial score (nSPS) is 16.8. The standard InChI is InChI=1S/C50H35N2PS/c1-50(53(54,39-15-3-2-4-16-39)47-21-11-14-33-12-5-7-17-40(33)47)29-28-37-30-35(22-23-38(37)32-50)36-25-26-42-46(31-36)52-45-20-10-9-19-44(45)51-49(52)43-27-24-34-13-6-8-18-41(34)48(42)43/h2-31H,32H2,1H3. The number of benzene rings is 8. The molecule has 4 heteroatoms. The summed E-state index contributed by atoms with van der Waals surface area (Å²) >= 11 is 7.05. The molecule has 8 aromatic carbocycles. The predicted octanol–water partition coefficient (Wildman–Crippen LogP) is 12.2. The molecule has 256 valence electrons. The average Bonchev–Trinajstić information content (AvgIpc) is 3.63. The summed E-state index contributed by atoms with van der Waals surface area (Å²) in [7, 11) is 0. The van der Waals surface area contributed by atoms with Gasteiger partial charge in [0.2, 0.25) is 0 Å². The van der Waals surface area contributed by atoms with Crippen molar-refractivity contribution in [1.82, 2.24) is 9.38 Å². The van der Waals surface area contributed by atoms with E-state index in [1.54, 1.807) is 0 Å². The molecule has 11 rings (SSSR count). The molecule has 2 heterocycles. The summed E-state index contributed by atoms with van der Waals surface area (Å²) < 4.78 is 2.36. The zero-order valence-electron chi connectivity index (χ0n) is 29.8. The summed E-state index contributed by atoms with van der Waals surface area (Å²) in [5.41, 5.74) is 9.29. The fraction of sp³-hybridized carbons (Fsp3) is 0.0600. The van der Waals surface area contributed by atoms with Crippen LogP contribution in [0.4, 0.5) is 0 Å². The van der Waals surface area contributed by atoms with Crippen LogP contribution in [-0.4, -0.2) is 14.5 Å². The molecule has 0 amide bonds. The Hall–Kier alpha value is -5.86. The SMILES string of the molecule is CC1(P(=S)(c2ccccc2)c2cccc3ccccc23)C=Cc2cc(-c3ccc4c5c6ccccc6ccc5c5nc6ccccc6n5c4c3)ccc2C1. The van der Waals surface area contributed by atoms with Crippen LogP contribution in [-0.2, 0) is 18.2 Å². The molecule has 2 unspecified atom stereocenters. The van der Waals surface area contributed by atoms with Crippen LogP contribution >= 0.6 is 6.04 Å². The zero-order valence-corrected chi connectivity index (χ0v) is 31.5. The number of para-hydroxylation sites is 2. The van der Waals surface area contributed by atoms with Gasteiger partial charge in [0, 0.05) is 27.4 Å². The van der Waals surface area contributed by atoms with E-state index < -0.39 is 6.04 Å². The summed E-state index contributed by atoms with van der Waals surface area (Å²) in [5.74, 6) is 0. The Morgan fingerprint density at radius 1 is 0.593 bits per heavy atom. The van der Waals surface area contributed by atoms with Gasteiger partial charge in [-0.05, 0) is 91.2 Å². The minimum absolute atomic E-state index is 0.247. The molecule has 10 aromatic rings. The molecular formula is C50H35N2PS. The quantitative estimate of drug-likeness (QED) is 0.133. The first kappa shape index (κ1) is 31.6. The smallest absolute Gasteiger partial charge is 0.146 e. The lowest BCUT2D eigenvalue weighted by Gasteiger charge is -2.42. The second kappa shape index (κ2) is 11.8. The molecule has 0 aliphatic heterocycles. The van der Waals surface area contributed by atoms with Gasteiger partial charge in [-0.2, -0.15) is 0 Å². The molecule has 0 saturated heterocycles. The number of aromatic nitrogens is 2. The van der Waals surface area contributed by atoms with Gasteiger partial charge in [-0.1, -0.05) is 170 Å². The Bertz CT molecular complexity index is 3240. The average molecular weight is 727 g/mol. The van der Waals surface area contributed by atoms with Crippen LogP contribution in [0.25, 0.3) is 77.1 Å². The second-order valence-electron chi connectivity index (χ2n) is 14.9. The summed E-state index contributed by atoms with van der Waals surface area (Å²) in [5, 5.41) is 11.0. The van der Waals surface area contributed by atoms with Crippen LogP contribution < -0.4 is 10.6 Å². The molecule has 0 N–H and O–H groups in total. The van der Waals surface area contributed by atoms with Gasteiger partial charge < -0.3 is 0 Å². The summed E-state index contributed by atoms with van der Waals surface area (Å²) in [6.45, 7) is 2.40. The summed E-state index contributed by atoms with van der Waals surface area (Å²) in [4.78, 5) is 5.20. The van der Waals surface area contributed by atoms with Crippen molar-refractivity contribution in [2.75, 3.05) is 0 Å². The first-order chi connectivity index (χ1) is 26.5. The maximum Gasteiger partial charge on any atom is 0.146 e. The number of fused-ring (bicyclic) bond motifs is 12. The molecular weight excluding hydrogens is 692 g/mol. The fourth-order valence-electron chi connectivity index (χ4n) is 9.16. The van der Waals surface area contributed by atoms with Crippen molar-refractivity contribution >= 4 is 94.4 Å². The Labute approximate surface area is 319 Å². The van der Waals surface area contributed by atoms with Gasteiger partial charge in [-0.15, -0.1) is 0 Å². The van der Waals surface area contributed by atoms with Gasteiger partial charge >= 0.3 is 0 Å². The van der Waals surface area contributed by atoms with E-state index in [4.69, 9.17) is 16.8 Å². The van der Waals surface area contributed by atoms with E-state index in [-0.39, 0.29) is 5.16 Å². The van der Waals surface area contributed by atoms with E-state index >= 15 is 0 Å². The van der Waals surface area contributed by atoms with Crippen molar-refractivity contribution in [2.24, 2.45) is 0 Å². The van der Waals surface area contributed by atoms with Crippen molar-refractivity contribution in [1.29, 1.82) is 0 Å². The van der Waals surface area contributed by atoms with Crippen molar-refractivity contribution in [3.05, 3.63) is 187 Å². The van der Waals surface area contributed by atoms with Gasteiger partial charge in [0.25, 0.3) is 0 Å². The Morgan fingerprint density at radius 3 is 2.15 bits per heavy atom. The fourth-order valence-corrected chi connectivity index (χ4v) is 13.9. The first-order valence-corrected chi connectivity index (χ1v) is 21.4. The Kier molecular flexibility index (Phi) is 6.93. The molecule has 2 atom stereocenters. The number of rotatable bonds is 4. The van der Waals surface area contributed by atoms with Crippen molar-refractivity contribution < 1.29 is 0 Å². The van der Waals surface area contributed by atoms with Gasteiger partial charge in [-0.3, -0.25) is 4.40 Å². The van der Waals surface area contributed by atoms with E-state index in [9.17, 15) is 0 Å². The van der Waals surface area contributed by atoms with Gasteiger partial charge in [-0.25, -0.2) is 4.98 Å². The van der Waals surface area contributed by atoms with E-state index in [0.717, 1.165) is 23.1 Å². The minimum atomic E-state index is -2.35. The number of hydrogen-bond acceptors (Lipinski definition) is 2. The lowest BCUT2D eigenvalue weighted by atomic mass is 9.88. The van der Waals surface area contributed by atoms with Crippen molar-refractivity contribution in [3.8, 4) is 11.1 Å². The van der Waals surface area contributed by atoms with Crippen LogP contribution in [0.2, 0.25) is 0 Å². The second-order valence-corrected chi connectivity index (χ2v) is 19.8. The van der Waals surface area contributed by atoms with Crippen molar-refractivity contribution in [3.63, 3.8) is 0 Å². The van der Waals surface area contributed by atoms with E-state index in [1.165, 1.54) is 76.1 Å². The lowest BCUT2D eigenvalue weighted by molar-refractivity contribution is 0.765. The summed E-state index contributed by atoms with van der Waals surface area (Å²) in [6, 6.07) is 59.6. The Morgan fingerprint density at radius 2 is 1.28 bits per heavy atom. The number of imidazole rings is 1. The molecule has 1 aliphatic rings. The maximum atomic E-state index is 7.05. The molecule has 0 bridgehead atoms. The molecule has 0 fully saturated rings. The number of hydrogen-bond donors (Lipinski definition) is 0. The van der Waals surface area contributed by atoms with Crippen molar-refractivity contribution in [2.45, 2.75) is 18.5 Å². The third kappa shape index (κ3) is 4.53. The third-order valence-corrected chi connectivity index (χ3v) is 18.1. The van der Waals surface area contributed by atoms with Crippen LogP contribution in [0.1, 0.15) is 18.1 Å². The monoisotopic (exact) mass is 726 g/mol. The highest BCUT2D eigenvalue weighted by Crippen LogP contribution is 2.60. The van der Waals surface area contributed by atoms with Crippen LogP contribution in [0, 0.1) is 0 Å². The highest BCUT2D eigenvalue weighted by atomic mass is 32.4. The first-order valence-electron chi connectivity index (χ1n) is 18.6. The number of nitrogens with zero attached hydrogens (tertiary/aromatic N) is 2. The van der Waals surface area contributed by atoms with Crippen LogP contribution in [0.5, 0.6) is 0 Å². The molecule has 0 saturated carbocycles. The highest BCUT2D eigenvalue weighted by molar-refractivity contribution is 8.22. The molecule has 0 spiro atoms. The maximum absolute atomic E-state index is 7.05. The van der Waals surface area contributed by atoms with Crippen LogP contribution in [0.15, 0.2) is 176 Å². The number of allylic oxidation sites excluding steroid dienone is 1. The minimum Gasteiger partial charge on any atom is -0.292 e. The molecule has 1 aliphatic carbocycles. The third-order valence-electron chi connectivity index (χ3n) is 11.8. The largest absolute Gasteiger partial charge is 0.292 e. The molecule has 54 heavy (non-hydrogen) atoms. The molecule has 2 nitrogen and oxygen atoms in total. The topological polar surface area (TPSA) is 17.3 Å². The van der Waals surface area contributed by atoms with Gasteiger partial charge in [0.15, 0.2) is 0 Å². The predicted molar refractivity (Wildman–Crippen MR) is 236 cm³/mol. The van der Waals surface area contributed by atoms with Crippen LogP contribution in [0.3, 0.4) is 0 Å². The number of pyridine rings is 1. The highest BCUT2D eigenvalue weighted by Gasteiger charge is 2.43. The zero-order chi connectivity index (χ0) is 36.0. The van der Waals surface area contributed by atoms with E-state index in [2.05, 4.69) is 193 Å². The van der Waals surface area contributed by atoms with Gasteiger partial charge in [0.1, 0.15) is 5.65 Å². The van der Waals surface area contributed by atoms with E-state index in [1.807, 2.05) is 0 Å². The van der Waals surface area contributed by atoms with Gasteiger partial charge in [0.05, 0.1) is 16.6 Å². The Balaban J connectivity index is 1.07. The molecule has 0 radical (unpaired) electrons. The molecule has 2 aromatic heterocycles. The van der Waals surface area contributed by atoms with E-state index in [0.29, 0.717) is 0 Å².